The molecule has 0 unspecified atom stereocenters. The van der Waals surface area contributed by atoms with Crippen molar-refractivity contribution < 1.29 is 22.7 Å². The second kappa shape index (κ2) is 9.60. The zero-order valence-corrected chi connectivity index (χ0v) is 19.0. The average molecular weight is 486 g/mol. The van der Waals surface area contributed by atoms with Gasteiger partial charge in [0.1, 0.15) is 5.82 Å². The van der Waals surface area contributed by atoms with Gasteiger partial charge in [-0.1, -0.05) is 29.8 Å². The average Bonchev–Trinajstić information content (AvgIpc) is 2.83. The molecule has 1 amide bonds. The molecule has 10 heteroatoms. The molecule has 33 heavy (non-hydrogen) atoms. The number of sulfonamides is 1. The number of anilines is 2. The number of hydrogen-bond donors (Lipinski definition) is 1. The van der Waals surface area contributed by atoms with Gasteiger partial charge in [0, 0.05) is 12.7 Å². The van der Waals surface area contributed by atoms with Gasteiger partial charge in [-0.05, 0) is 60.9 Å². The maximum atomic E-state index is 13.2. The van der Waals surface area contributed by atoms with Crippen LogP contribution in [-0.4, -0.2) is 38.4 Å². The number of amides is 1. The van der Waals surface area contributed by atoms with Gasteiger partial charge in [-0.15, -0.1) is 0 Å². The van der Waals surface area contributed by atoms with E-state index in [2.05, 4.69) is 10.3 Å². The number of benzene rings is 2. The van der Waals surface area contributed by atoms with E-state index in [0.717, 1.165) is 18.4 Å². The van der Waals surface area contributed by atoms with Crippen molar-refractivity contribution in [3.63, 3.8) is 0 Å². The maximum Gasteiger partial charge on any atom is 0.338 e. The number of aryl methyl sites for hydroxylation is 1. The Balaban J connectivity index is 1.40. The Morgan fingerprint density at radius 1 is 1.06 bits per heavy atom. The number of pyridine rings is 1. The van der Waals surface area contributed by atoms with Gasteiger partial charge in [-0.3, -0.25) is 9.10 Å². The zero-order chi connectivity index (χ0) is 23.4. The minimum absolute atomic E-state index is 0.0716. The summed E-state index contributed by atoms with van der Waals surface area (Å²) in [6.45, 7) is -0.130. The van der Waals surface area contributed by atoms with Crippen molar-refractivity contribution in [1.29, 1.82) is 0 Å². The molecule has 8 nitrogen and oxygen atoms in total. The van der Waals surface area contributed by atoms with Gasteiger partial charge in [0.05, 0.1) is 21.2 Å². The van der Waals surface area contributed by atoms with Gasteiger partial charge in [0.25, 0.3) is 15.9 Å². The molecule has 0 fully saturated rings. The van der Waals surface area contributed by atoms with Crippen molar-refractivity contribution in [2.75, 3.05) is 22.8 Å². The summed E-state index contributed by atoms with van der Waals surface area (Å²) >= 11 is 5.74. The van der Waals surface area contributed by atoms with E-state index in [1.165, 1.54) is 40.8 Å². The predicted octanol–water partition coefficient (Wildman–Crippen LogP) is 3.67. The molecule has 1 aliphatic rings. The molecule has 2 heterocycles. The van der Waals surface area contributed by atoms with Crippen LogP contribution in [-0.2, 0) is 26.0 Å². The highest BCUT2D eigenvalue weighted by Crippen LogP contribution is 2.31. The van der Waals surface area contributed by atoms with Gasteiger partial charge in [-0.25, -0.2) is 18.2 Å². The van der Waals surface area contributed by atoms with Gasteiger partial charge in [0.2, 0.25) is 0 Å². The van der Waals surface area contributed by atoms with Gasteiger partial charge in [0.15, 0.2) is 6.61 Å². The van der Waals surface area contributed by atoms with Crippen LogP contribution in [0.15, 0.2) is 71.8 Å². The first-order valence-electron chi connectivity index (χ1n) is 10.1. The van der Waals surface area contributed by atoms with Crippen molar-refractivity contribution >= 4 is 45.0 Å². The van der Waals surface area contributed by atoms with Crippen molar-refractivity contribution in [2.45, 2.75) is 17.7 Å². The number of aromatic nitrogens is 1. The third kappa shape index (κ3) is 5.15. The van der Waals surface area contributed by atoms with Crippen molar-refractivity contribution in [1.82, 2.24) is 4.98 Å². The lowest BCUT2D eigenvalue weighted by Gasteiger charge is -2.30. The molecule has 0 saturated carbocycles. The lowest BCUT2D eigenvalue weighted by Crippen LogP contribution is -2.35. The smallest absolute Gasteiger partial charge is 0.338 e. The first-order valence-corrected chi connectivity index (χ1v) is 12.0. The predicted molar refractivity (Wildman–Crippen MR) is 124 cm³/mol. The lowest BCUT2D eigenvalue weighted by atomic mass is 10.0. The Bertz CT molecular complexity index is 1280. The van der Waals surface area contributed by atoms with E-state index in [9.17, 15) is 18.0 Å². The van der Waals surface area contributed by atoms with Crippen LogP contribution in [0.3, 0.4) is 0 Å². The second-order valence-corrected chi connectivity index (χ2v) is 9.62. The first kappa shape index (κ1) is 22.8. The van der Waals surface area contributed by atoms with E-state index < -0.39 is 28.5 Å². The van der Waals surface area contributed by atoms with Gasteiger partial charge >= 0.3 is 5.97 Å². The molecule has 2 aromatic carbocycles. The van der Waals surface area contributed by atoms with Crippen LogP contribution in [0.4, 0.5) is 11.5 Å². The number of carbonyl (C=O) groups excluding carboxylic acids is 2. The Hall–Kier alpha value is -3.43. The monoisotopic (exact) mass is 485 g/mol. The summed E-state index contributed by atoms with van der Waals surface area (Å²) in [4.78, 5) is 28.2. The Morgan fingerprint density at radius 2 is 1.82 bits per heavy atom. The molecule has 0 bridgehead atoms. The van der Waals surface area contributed by atoms with E-state index >= 15 is 0 Å². The second-order valence-electron chi connectivity index (χ2n) is 7.32. The third-order valence-corrected chi connectivity index (χ3v) is 7.13. The number of para-hydroxylation sites is 1. The highest BCUT2D eigenvalue weighted by molar-refractivity contribution is 7.92. The molecule has 0 spiro atoms. The summed E-state index contributed by atoms with van der Waals surface area (Å²) in [7, 11) is -3.78. The number of carbonyl (C=O) groups is 2. The van der Waals surface area contributed by atoms with E-state index in [4.69, 9.17) is 16.3 Å². The lowest BCUT2D eigenvalue weighted by molar-refractivity contribution is -0.119. The molecule has 170 valence electrons. The fourth-order valence-corrected chi connectivity index (χ4v) is 5.13. The normalized spacial score (nSPS) is 13.2. The summed E-state index contributed by atoms with van der Waals surface area (Å²) in [5.41, 5.74) is 1.79. The molecule has 3 aromatic rings. The van der Waals surface area contributed by atoms with Gasteiger partial charge < -0.3 is 10.1 Å². The number of ether oxygens (including phenoxy) is 1. The maximum absolute atomic E-state index is 13.2. The van der Waals surface area contributed by atoms with E-state index in [1.54, 1.807) is 12.1 Å². The highest BCUT2D eigenvalue weighted by Gasteiger charge is 2.29. The summed E-state index contributed by atoms with van der Waals surface area (Å²) in [6, 6.07) is 16.0. The fourth-order valence-electron chi connectivity index (χ4n) is 3.48. The van der Waals surface area contributed by atoms with Crippen LogP contribution < -0.4 is 9.62 Å². The molecule has 1 aliphatic heterocycles. The summed E-state index contributed by atoms with van der Waals surface area (Å²) in [5.74, 6) is -1.04. The molecule has 0 atom stereocenters. The number of rotatable bonds is 6. The molecule has 1 aromatic heterocycles. The molecular weight excluding hydrogens is 466 g/mol. The summed E-state index contributed by atoms with van der Waals surface area (Å²) in [6.07, 6.45) is 2.93. The number of nitrogens with zero attached hydrogens (tertiary/aromatic N) is 2. The minimum Gasteiger partial charge on any atom is -0.452 e. The highest BCUT2D eigenvalue weighted by atomic mass is 35.5. The topological polar surface area (TPSA) is 106 Å². The molecule has 1 N–H and O–H groups in total. The van der Waals surface area contributed by atoms with Crippen LogP contribution in [0, 0.1) is 0 Å². The standard InChI is InChI=1S/C23H20ClN3O5S/c24-18-9-12-21(25-14-18)26-22(28)15-32-23(29)17-7-10-19(11-8-17)33(30,31)27-13-3-5-16-4-1-2-6-20(16)27/h1-2,4,6-12,14H,3,5,13,15H2,(H,25,26,28). The Morgan fingerprint density at radius 3 is 2.55 bits per heavy atom. The fraction of sp³-hybridized carbons (Fsp3) is 0.174. The molecule has 0 aliphatic carbocycles. The minimum atomic E-state index is -3.78. The number of hydrogen-bond acceptors (Lipinski definition) is 6. The SMILES string of the molecule is O=C(COC(=O)c1ccc(S(=O)(=O)N2CCCc3ccccc32)cc1)Nc1ccc(Cl)cn1. The van der Waals surface area contributed by atoms with Crippen molar-refractivity contribution in [2.24, 2.45) is 0 Å². The zero-order valence-electron chi connectivity index (χ0n) is 17.4. The molecule has 0 saturated heterocycles. The summed E-state index contributed by atoms with van der Waals surface area (Å²) < 4.78 is 32.8. The number of esters is 1. The molecule has 0 radical (unpaired) electrons. The largest absolute Gasteiger partial charge is 0.452 e. The number of nitrogens with one attached hydrogen (secondary N) is 1. The summed E-state index contributed by atoms with van der Waals surface area (Å²) in [5, 5.41) is 2.90. The van der Waals surface area contributed by atoms with E-state index in [0.29, 0.717) is 17.3 Å². The van der Waals surface area contributed by atoms with E-state index in [-0.39, 0.29) is 16.3 Å². The van der Waals surface area contributed by atoms with Crippen LogP contribution in [0.2, 0.25) is 5.02 Å². The molecular formula is C23H20ClN3O5S. The van der Waals surface area contributed by atoms with Crippen molar-refractivity contribution in [3.05, 3.63) is 83.0 Å². The van der Waals surface area contributed by atoms with Crippen molar-refractivity contribution in [3.8, 4) is 0 Å². The Kier molecular flexibility index (Phi) is 6.62. The third-order valence-electron chi connectivity index (χ3n) is 5.07. The first-order chi connectivity index (χ1) is 15.8. The number of halogens is 1. The van der Waals surface area contributed by atoms with E-state index in [1.807, 2.05) is 18.2 Å². The Labute approximate surface area is 196 Å². The molecule has 4 rings (SSSR count). The van der Waals surface area contributed by atoms with Crippen LogP contribution >= 0.6 is 11.6 Å². The van der Waals surface area contributed by atoms with Crippen LogP contribution in [0.25, 0.3) is 0 Å². The quantitative estimate of drug-likeness (QED) is 0.534. The van der Waals surface area contributed by atoms with Gasteiger partial charge in [-0.2, -0.15) is 0 Å². The van der Waals surface area contributed by atoms with Crippen LogP contribution in [0.5, 0.6) is 0 Å². The number of fused-ring (bicyclic) bond motifs is 1. The van der Waals surface area contributed by atoms with Crippen LogP contribution in [0.1, 0.15) is 22.3 Å².